The molecular weight excluding hydrogens is 416 g/mol. The number of nitrogen functional groups attached to an aromatic ring is 1. The lowest BCUT2D eigenvalue weighted by Gasteiger charge is -2.22. The summed E-state index contributed by atoms with van der Waals surface area (Å²) in [5.41, 5.74) is 12.1. The van der Waals surface area contributed by atoms with E-state index in [-0.39, 0.29) is 28.7 Å². The summed E-state index contributed by atoms with van der Waals surface area (Å²) in [6.45, 7) is 4.39. The minimum atomic E-state index is -0.821. The number of rotatable bonds is 8. The number of para-hydroxylation sites is 1. The fraction of sp³-hybridized carbons (Fsp3) is 0.286. The van der Waals surface area contributed by atoms with Crippen LogP contribution in [-0.2, 0) is 4.79 Å². The average molecular weight is 441 g/mol. The second-order valence-electron chi connectivity index (χ2n) is 7.45. The third-order valence-corrected chi connectivity index (χ3v) is 5.49. The second-order valence-corrected chi connectivity index (χ2v) is 8.22. The Morgan fingerprint density at radius 2 is 1.97 bits per heavy atom. The Bertz CT molecular complexity index is 1130. The monoisotopic (exact) mass is 440 g/mol. The number of carbonyl (C=O) groups is 3. The number of nitrogens with zero attached hydrogens (tertiary/aromatic N) is 3. The molecule has 0 radical (unpaired) electrons. The van der Waals surface area contributed by atoms with E-state index in [1.807, 2.05) is 24.3 Å². The van der Waals surface area contributed by atoms with Crippen molar-refractivity contribution < 1.29 is 14.4 Å². The van der Waals surface area contributed by atoms with Crippen molar-refractivity contribution in [2.75, 3.05) is 23.7 Å². The van der Waals surface area contributed by atoms with Gasteiger partial charge in [0.1, 0.15) is 11.4 Å². The largest absolute Gasteiger partial charge is 0.395 e. The first-order chi connectivity index (χ1) is 14.8. The highest BCUT2D eigenvalue weighted by Gasteiger charge is 2.27. The molecule has 5 N–H and O–H groups in total. The molecule has 2 aromatic heterocycles. The Hall–Kier alpha value is -3.53. The van der Waals surface area contributed by atoms with Crippen molar-refractivity contribution in [2.45, 2.75) is 20.3 Å². The summed E-state index contributed by atoms with van der Waals surface area (Å²) in [7, 11) is 0. The van der Waals surface area contributed by atoms with Crippen LogP contribution in [0.25, 0.3) is 10.9 Å². The topological polar surface area (TPSA) is 144 Å². The first-order valence-corrected chi connectivity index (χ1v) is 10.5. The van der Waals surface area contributed by atoms with E-state index in [0.717, 1.165) is 28.9 Å². The van der Waals surface area contributed by atoms with Gasteiger partial charge in [-0.15, -0.1) is 0 Å². The van der Waals surface area contributed by atoms with Gasteiger partial charge in [-0.2, -0.15) is 4.37 Å². The summed E-state index contributed by atoms with van der Waals surface area (Å²) in [5, 5.41) is 3.64. The number of fused-ring (bicyclic) bond motifs is 1. The number of hydrogen-bond acceptors (Lipinski definition) is 7. The molecule has 1 aromatic carbocycles. The predicted octanol–water partition coefficient (Wildman–Crippen LogP) is 2.18. The third-order valence-electron chi connectivity index (χ3n) is 4.63. The van der Waals surface area contributed by atoms with Gasteiger partial charge in [0.15, 0.2) is 5.69 Å². The number of anilines is 2. The van der Waals surface area contributed by atoms with Crippen LogP contribution in [0.3, 0.4) is 0 Å². The number of nitrogens with one attached hydrogen (secondary N) is 1. The van der Waals surface area contributed by atoms with Gasteiger partial charge in [0.2, 0.25) is 5.91 Å². The van der Waals surface area contributed by atoms with E-state index in [1.54, 1.807) is 6.07 Å². The Kier molecular flexibility index (Phi) is 6.81. The molecule has 0 saturated carbocycles. The number of amides is 3. The number of aromatic nitrogens is 2. The fourth-order valence-electron chi connectivity index (χ4n) is 2.94. The van der Waals surface area contributed by atoms with E-state index in [4.69, 9.17) is 11.5 Å². The molecule has 0 fully saturated rings. The van der Waals surface area contributed by atoms with Gasteiger partial charge >= 0.3 is 0 Å². The van der Waals surface area contributed by atoms with Crippen LogP contribution in [0.15, 0.2) is 36.5 Å². The number of hydrogen-bond donors (Lipinski definition) is 3. The molecule has 31 heavy (non-hydrogen) atoms. The van der Waals surface area contributed by atoms with E-state index in [1.165, 1.54) is 11.1 Å². The van der Waals surface area contributed by atoms with Crippen LogP contribution < -0.4 is 21.7 Å². The van der Waals surface area contributed by atoms with Crippen LogP contribution in [0.2, 0.25) is 0 Å². The molecule has 162 valence electrons. The van der Waals surface area contributed by atoms with Crippen molar-refractivity contribution in [2.24, 2.45) is 11.7 Å². The normalized spacial score (nSPS) is 10.9. The number of nitrogens with two attached hydrogens (primary N) is 2. The maximum absolute atomic E-state index is 13.3. The minimum absolute atomic E-state index is 0.0388. The molecular formula is C21H24N6O3S. The molecule has 0 spiro atoms. The first kappa shape index (κ1) is 22.2. The van der Waals surface area contributed by atoms with Crippen LogP contribution in [0.5, 0.6) is 0 Å². The maximum Gasteiger partial charge on any atom is 0.272 e. The van der Waals surface area contributed by atoms with E-state index in [0.29, 0.717) is 18.2 Å². The van der Waals surface area contributed by atoms with E-state index >= 15 is 0 Å². The summed E-state index contributed by atoms with van der Waals surface area (Å²) in [4.78, 5) is 43.1. The number of primary amides is 1. The zero-order valence-corrected chi connectivity index (χ0v) is 18.1. The Labute approximate surface area is 183 Å². The summed E-state index contributed by atoms with van der Waals surface area (Å²) >= 11 is 0.769. The molecule has 0 atom stereocenters. The standard InChI is InChI=1S/C21H24N6O3S/c1-12(2)7-8-24-16(28)11-27(14-9-13-5-3-4-6-15(13)25-10-14)21(30)19-17(22)18(20(23)29)26-31-19/h3-6,9-10,12H,7-8,11,22H2,1-2H3,(H2,23,29)(H,24,28). The molecule has 9 nitrogen and oxygen atoms in total. The van der Waals surface area contributed by atoms with Gasteiger partial charge in [-0.05, 0) is 36.0 Å². The molecule has 0 unspecified atom stereocenters. The zero-order chi connectivity index (χ0) is 22.5. The summed E-state index contributed by atoms with van der Waals surface area (Å²) in [6.07, 6.45) is 2.34. The SMILES string of the molecule is CC(C)CCNC(=O)CN(C(=O)c1snc(C(N)=O)c1N)c1cnc2ccccc2c1. The Morgan fingerprint density at radius 3 is 2.65 bits per heavy atom. The van der Waals surface area contributed by atoms with Crippen molar-refractivity contribution in [3.8, 4) is 0 Å². The van der Waals surface area contributed by atoms with Crippen molar-refractivity contribution in [1.29, 1.82) is 0 Å². The number of benzene rings is 1. The van der Waals surface area contributed by atoms with Crippen molar-refractivity contribution in [3.05, 3.63) is 47.1 Å². The molecule has 3 amide bonds. The fourth-order valence-corrected chi connectivity index (χ4v) is 3.69. The van der Waals surface area contributed by atoms with Gasteiger partial charge in [0, 0.05) is 11.9 Å². The van der Waals surface area contributed by atoms with Gasteiger partial charge in [-0.1, -0.05) is 32.0 Å². The summed E-state index contributed by atoms with van der Waals surface area (Å²) in [5.74, 6) is -1.26. The molecule has 10 heteroatoms. The highest BCUT2D eigenvalue weighted by Crippen LogP contribution is 2.27. The van der Waals surface area contributed by atoms with E-state index < -0.39 is 11.8 Å². The maximum atomic E-state index is 13.3. The molecule has 2 heterocycles. The van der Waals surface area contributed by atoms with Crippen LogP contribution >= 0.6 is 11.5 Å². The predicted molar refractivity (Wildman–Crippen MR) is 121 cm³/mol. The van der Waals surface area contributed by atoms with Crippen LogP contribution in [0, 0.1) is 5.92 Å². The Morgan fingerprint density at radius 1 is 1.23 bits per heavy atom. The van der Waals surface area contributed by atoms with Crippen LogP contribution in [0.4, 0.5) is 11.4 Å². The minimum Gasteiger partial charge on any atom is -0.395 e. The molecule has 0 aliphatic rings. The number of carbonyl (C=O) groups excluding carboxylic acids is 3. The van der Waals surface area contributed by atoms with Gasteiger partial charge in [0.05, 0.1) is 23.1 Å². The molecule has 0 saturated heterocycles. The number of pyridine rings is 1. The molecule has 0 aliphatic carbocycles. The molecule has 0 bridgehead atoms. The van der Waals surface area contributed by atoms with E-state index in [2.05, 4.69) is 28.5 Å². The van der Waals surface area contributed by atoms with Crippen LogP contribution in [-0.4, -0.2) is 40.2 Å². The Balaban J connectivity index is 1.94. The quantitative estimate of drug-likeness (QED) is 0.490. The summed E-state index contributed by atoms with van der Waals surface area (Å²) < 4.78 is 3.89. The van der Waals surface area contributed by atoms with E-state index in [9.17, 15) is 14.4 Å². The lowest BCUT2D eigenvalue weighted by atomic mass is 10.1. The lowest BCUT2D eigenvalue weighted by molar-refractivity contribution is -0.119. The first-order valence-electron chi connectivity index (χ1n) is 9.76. The van der Waals surface area contributed by atoms with Gasteiger partial charge in [0.25, 0.3) is 11.8 Å². The molecule has 3 rings (SSSR count). The molecule has 3 aromatic rings. The smallest absolute Gasteiger partial charge is 0.272 e. The molecule has 0 aliphatic heterocycles. The average Bonchev–Trinajstić information content (AvgIpc) is 3.12. The van der Waals surface area contributed by atoms with Gasteiger partial charge in [-0.25, -0.2) is 0 Å². The third kappa shape index (κ3) is 5.15. The second kappa shape index (κ2) is 9.52. The van der Waals surface area contributed by atoms with Gasteiger partial charge in [-0.3, -0.25) is 24.3 Å². The van der Waals surface area contributed by atoms with Crippen molar-refractivity contribution >= 4 is 51.5 Å². The van der Waals surface area contributed by atoms with Crippen molar-refractivity contribution in [1.82, 2.24) is 14.7 Å². The summed E-state index contributed by atoms with van der Waals surface area (Å²) in [6, 6.07) is 9.21. The lowest BCUT2D eigenvalue weighted by Crippen LogP contribution is -2.41. The van der Waals surface area contributed by atoms with Crippen molar-refractivity contribution in [3.63, 3.8) is 0 Å². The van der Waals surface area contributed by atoms with Crippen LogP contribution in [0.1, 0.15) is 40.4 Å². The highest BCUT2D eigenvalue weighted by molar-refractivity contribution is 7.09. The highest BCUT2D eigenvalue weighted by atomic mass is 32.1. The van der Waals surface area contributed by atoms with Gasteiger partial charge < -0.3 is 16.8 Å². The zero-order valence-electron chi connectivity index (χ0n) is 17.3.